The van der Waals surface area contributed by atoms with Crippen molar-refractivity contribution >= 4 is 15.9 Å². The smallest absolute Gasteiger partial charge is 0.243 e. The summed E-state index contributed by atoms with van der Waals surface area (Å²) < 4.78 is 32.5. The van der Waals surface area contributed by atoms with Crippen molar-refractivity contribution in [2.75, 3.05) is 33.3 Å². The third-order valence-electron chi connectivity index (χ3n) is 5.47. The number of likely N-dealkylation sites (tertiary alicyclic amines) is 1. The van der Waals surface area contributed by atoms with Gasteiger partial charge in [-0.1, -0.05) is 0 Å². The average molecular weight is 381 g/mol. The summed E-state index contributed by atoms with van der Waals surface area (Å²) in [6.45, 7) is 4.33. The number of amides is 1. The van der Waals surface area contributed by atoms with Crippen molar-refractivity contribution in [3.63, 3.8) is 0 Å². The van der Waals surface area contributed by atoms with E-state index in [9.17, 15) is 13.2 Å². The summed E-state index contributed by atoms with van der Waals surface area (Å²) in [6, 6.07) is 4.93. The van der Waals surface area contributed by atoms with Gasteiger partial charge in [-0.25, -0.2) is 8.42 Å². The van der Waals surface area contributed by atoms with E-state index in [0.717, 1.165) is 31.5 Å². The van der Waals surface area contributed by atoms with Crippen LogP contribution in [0.15, 0.2) is 23.1 Å². The van der Waals surface area contributed by atoms with Crippen LogP contribution in [0.2, 0.25) is 0 Å². The molecule has 1 aromatic rings. The van der Waals surface area contributed by atoms with Gasteiger partial charge in [0, 0.05) is 32.1 Å². The molecule has 26 heavy (non-hydrogen) atoms. The first-order chi connectivity index (χ1) is 12.4. The molecule has 2 heterocycles. The summed E-state index contributed by atoms with van der Waals surface area (Å²) >= 11 is 0. The average Bonchev–Trinajstić information content (AvgIpc) is 2.68. The highest BCUT2D eigenvalue weighted by Crippen LogP contribution is 2.28. The zero-order chi connectivity index (χ0) is 18.7. The van der Waals surface area contributed by atoms with Crippen LogP contribution in [0, 0.1) is 12.8 Å². The number of aryl methyl sites for hydroxylation is 1. The molecular weight excluding hydrogens is 352 g/mol. The van der Waals surface area contributed by atoms with Crippen molar-refractivity contribution in [1.82, 2.24) is 9.21 Å². The van der Waals surface area contributed by atoms with Gasteiger partial charge >= 0.3 is 0 Å². The molecule has 2 aliphatic rings. The van der Waals surface area contributed by atoms with Crippen LogP contribution in [0.3, 0.4) is 0 Å². The zero-order valence-corrected chi connectivity index (χ0v) is 16.4. The number of nitrogens with zero attached hydrogens (tertiary/aromatic N) is 2. The van der Waals surface area contributed by atoms with Crippen LogP contribution in [-0.2, 0) is 14.8 Å². The highest BCUT2D eigenvalue weighted by Gasteiger charge is 2.34. The normalized spacial score (nSPS) is 20.2. The number of benzene rings is 1. The Hall–Kier alpha value is -1.60. The maximum absolute atomic E-state index is 12.9. The molecule has 0 unspecified atom stereocenters. The quantitative estimate of drug-likeness (QED) is 0.805. The number of rotatable bonds is 4. The number of carbonyl (C=O) groups excluding carboxylic acids is 1. The Morgan fingerprint density at radius 1 is 1.08 bits per heavy atom. The van der Waals surface area contributed by atoms with Crippen molar-refractivity contribution < 1.29 is 17.9 Å². The van der Waals surface area contributed by atoms with Gasteiger partial charge in [-0.2, -0.15) is 4.31 Å². The molecule has 2 fully saturated rings. The van der Waals surface area contributed by atoms with Crippen LogP contribution in [0.4, 0.5) is 0 Å². The monoisotopic (exact) mass is 380 g/mol. The van der Waals surface area contributed by atoms with E-state index in [1.807, 2.05) is 11.8 Å². The van der Waals surface area contributed by atoms with Gasteiger partial charge in [0.1, 0.15) is 5.75 Å². The Morgan fingerprint density at radius 2 is 1.73 bits per heavy atom. The maximum atomic E-state index is 12.9. The number of carbonyl (C=O) groups is 1. The molecule has 0 saturated carbocycles. The Kier molecular flexibility index (Phi) is 5.87. The van der Waals surface area contributed by atoms with E-state index in [-0.39, 0.29) is 16.7 Å². The van der Waals surface area contributed by atoms with E-state index in [4.69, 9.17) is 4.74 Å². The number of piperidine rings is 2. The second kappa shape index (κ2) is 7.96. The molecular formula is C19H28N2O4S. The SMILES string of the molecule is COc1ccc(S(=O)(=O)N2CCC(C(=O)N3CCCCC3)CC2)cc1C. The highest BCUT2D eigenvalue weighted by molar-refractivity contribution is 7.89. The molecule has 2 saturated heterocycles. The molecule has 0 spiro atoms. The maximum Gasteiger partial charge on any atom is 0.243 e. The van der Waals surface area contributed by atoms with E-state index >= 15 is 0 Å². The second-order valence-electron chi connectivity index (χ2n) is 7.20. The lowest BCUT2D eigenvalue weighted by molar-refractivity contribution is -0.137. The van der Waals surface area contributed by atoms with Crippen LogP contribution in [0.5, 0.6) is 5.75 Å². The van der Waals surface area contributed by atoms with Gasteiger partial charge in [-0.3, -0.25) is 4.79 Å². The zero-order valence-electron chi connectivity index (χ0n) is 15.6. The fraction of sp³-hybridized carbons (Fsp3) is 0.632. The van der Waals surface area contributed by atoms with E-state index in [1.165, 1.54) is 10.7 Å². The summed E-state index contributed by atoms with van der Waals surface area (Å²) in [4.78, 5) is 14.9. The Balaban J connectivity index is 1.65. The summed E-state index contributed by atoms with van der Waals surface area (Å²) in [6.07, 6.45) is 4.56. The first kappa shape index (κ1) is 19.2. The third-order valence-corrected chi connectivity index (χ3v) is 7.37. The molecule has 0 atom stereocenters. The van der Waals surface area contributed by atoms with Crippen molar-refractivity contribution in [3.05, 3.63) is 23.8 Å². The molecule has 0 aromatic heterocycles. The van der Waals surface area contributed by atoms with Crippen molar-refractivity contribution in [3.8, 4) is 5.75 Å². The summed E-state index contributed by atoms with van der Waals surface area (Å²) in [5.41, 5.74) is 0.795. The van der Waals surface area contributed by atoms with Crippen LogP contribution >= 0.6 is 0 Å². The van der Waals surface area contributed by atoms with Crippen LogP contribution in [-0.4, -0.2) is 56.8 Å². The molecule has 0 aliphatic carbocycles. The van der Waals surface area contributed by atoms with Gasteiger partial charge in [0.25, 0.3) is 0 Å². The van der Waals surface area contributed by atoms with Gasteiger partial charge in [0.15, 0.2) is 0 Å². The molecule has 2 aliphatic heterocycles. The lowest BCUT2D eigenvalue weighted by Gasteiger charge is -2.35. The second-order valence-corrected chi connectivity index (χ2v) is 9.13. The number of hydrogen-bond acceptors (Lipinski definition) is 4. The van der Waals surface area contributed by atoms with E-state index < -0.39 is 10.0 Å². The van der Waals surface area contributed by atoms with Gasteiger partial charge < -0.3 is 9.64 Å². The molecule has 1 amide bonds. The fourth-order valence-corrected chi connectivity index (χ4v) is 5.43. The topological polar surface area (TPSA) is 66.9 Å². The molecule has 6 nitrogen and oxygen atoms in total. The van der Waals surface area contributed by atoms with Crippen LogP contribution < -0.4 is 4.74 Å². The summed E-state index contributed by atoms with van der Waals surface area (Å²) in [7, 11) is -1.96. The minimum atomic E-state index is -3.53. The van der Waals surface area contributed by atoms with Gasteiger partial charge in [-0.15, -0.1) is 0 Å². The van der Waals surface area contributed by atoms with Crippen molar-refractivity contribution in [2.24, 2.45) is 5.92 Å². The lowest BCUT2D eigenvalue weighted by atomic mass is 9.95. The van der Waals surface area contributed by atoms with E-state index in [2.05, 4.69) is 0 Å². The van der Waals surface area contributed by atoms with Gasteiger partial charge in [-0.05, 0) is 62.8 Å². The van der Waals surface area contributed by atoms with E-state index in [0.29, 0.717) is 31.7 Å². The standard InChI is InChI=1S/C19H28N2O4S/c1-15-14-17(6-7-18(15)25-2)26(23,24)21-12-8-16(9-13-21)19(22)20-10-4-3-5-11-20/h6-7,14,16H,3-5,8-13H2,1-2H3. The molecule has 0 N–H and O–H groups in total. The number of ether oxygens (including phenoxy) is 1. The molecule has 3 rings (SSSR count). The summed E-state index contributed by atoms with van der Waals surface area (Å²) in [5.74, 6) is 0.842. The largest absolute Gasteiger partial charge is 0.496 e. The lowest BCUT2D eigenvalue weighted by Crippen LogP contribution is -2.45. The molecule has 0 bridgehead atoms. The first-order valence-corrected chi connectivity index (χ1v) is 10.8. The minimum Gasteiger partial charge on any atom is -0.496 e. The molecule has 144 valence electrons. The van der Waals surface area contributed by atoms with Crippen molar-refractivity contribution in [2.45, 2.75) is 43.9 Å². The van der Waals surface area contributed by atoms with Crippen LogP contribution in [0.25, 0.3) is 0 Å². The number of hydrogen-bond donors (Lipinski definition) is 0. The predicted octanol–water partition coefficient (Wildman–Crippen LogP) is 2.42. The van der Waals surface area contributed by atoms with Gasteiger partial charge in [0.05, 0.1) is 12.0 Å². The first-order valence-electron chi connectivity index (χ1n) is 9.37. The predicted molar refractivity (Wildman–Crippen MR) is 99.6 cm³/mol. The number of sulfonamides is 1. The minimum absolute atomic E-state index is 0.0443. The van der Waals surface area contributed by atoms with Gasteiger partial charge in [0.2, 0.25) is 15.9 Å². The third kappa shape index (κ3) is 3.88. The Bertz CT molecular complexity index is 749. The highest BCUT2D eigenvalue weighted by atomic mass is 32.2. The van der Waals surface area contributed by atoms with E-state index in [1.54, 1.807) is 25.3 Å². The fourth-order valence-electron chi connectivity index (χ4n) is 3.88. The Morgan fingerprint density at radius 3 is 2.31 bits per heavy atom. The van der Waals surface area contributed by atoms with Crippen LogP contribution in [0.1, 0.15) is 37.7 Å². The molecule has 1 aromatic carbocycles. The molecule has 7 heteroatoms. The molecule has 0 radical (unpaired) electrons. The van der Waals surface area contributed by atoms with Crippen molar-refractivity contribution in [1.29, 1.82) is 0 Å². The summed E-state index contributed by atoms with van der Waals surface area (Å²) in [5, 5.41) is 0. The number of methoxy groups -OCH3 is 1. The Labute approximate surface area is 156 Å².